The third kappa shape index (κ3) is 4.77. The minimum atomic E-state index is -0.563. The summed E-state index contributed by atoms with van der Waals surface area (Å²) in [6.07, 6.45) is 1.44. The van der Waals surface area contributed by atoms with Crippen LogP contribution in [0, 0.1) is 0 Å². The van der Waals surface area contributed by atoms with Crippen LogP contribution in [-0.4, -0.2) is 18.8 Å². The van der Waals surface area contributed by atoms with E-state index in [0.29, 0.717) is 0 Å². The molecule has 0 N–H and O–H groups in total. The van der Waals surface area contributed by atoms with Gasteiger partial charge in [0.1, 0.15) is 11.4 Å². The quantitative estimate of drug-likeness (QED) is 0.495. The van der Waals surface area contributed by atoms with Gasteiger partial charge in [-0.15, -0.1) is 0 Å². The zero-order valence-electron chi connectivity index (χ0n) is 18.1. The minimum Gasteiger partial charge on any atom is -0.497 e. The predicted molar refractivity (Wildman–Crippen MR) is 121 cm³/mol. The van der Waals surface area contributed by atoms with Crippen LogP contribution in [-0.2, 0) is 11.2 Å². The Kier molecular flexibility index (Phi) is 6.27. The van der Waals surface area contributed by atoms with Crippen molar-refractivity contribution in [3.63, 3.8) is 0 Å². The molecule has 1 amide bonds. The summed E-state index contributed by atoms with van der Waals surface area (Å²) in [6, 6.07) is 12.1. The summed E-state index contributed by atoms with van der Waals surface area (Å²) in [5.41, 5.74) is 3.84. The Morgan fingerprint density at radius 3 is 2.38 bits per heavy atom. The van der Waals surface area contributed by atoms with Crippen molar-refractivity contribution < 1.29 is 14.3 Å². The fraction of sp³-hybridized carbons (Fsp3) is 0.458. The molecule has 0 bridgehead atoms. The Labute approximate surface area is 182 Å². The predicted octanol–water partition coefficient (Wildman–Crippen LogP) is 7.01. The van der Waals surface area contributed by atoms with Crippen LogP contribution in [0.15, 0.2) is 40.9 Å². The number of hydrogen-bond donors (Lipinski definition) is 0. The fourth-order valence-corrected chi connectivity index (χ4v) is 4.37. The molecule has 0 aromatic heterocycles. The van der Waals surface area contributed by atoms with E-state index in [2.05, 4.69) is 41.9 Å². The number of anilines is 1. The van der Waals surface area contributed by atoms with Crippen LogP contribution in [0.25, 0.3) is 0 Å². The van der Waals surface area contributed by atoms with Crippen LogP contribution in [0.3, 0.4) is 0 Å². The second kappa shape index (κ2) is 8.39. The van der Waals surface area contributed by atoms with Crippen molar-refractivity contribution in [1.82, 2.24) is 0 Å². The lowest BCUT2D eigenvalue weighted by atomic mass is 9.87. The largest absolute Gasteiger partial charge is 0.497 e. The molecule has 1 heterocycles. The van der Waals surface area contributed by atoms with Crippen molar-refractivity contribution in [2.45, 2.75) is 65.0 Å². The smallest absolute Gasteiger partial charge is 0.415 e. The Morgan fingerprint density at radius 1 is 1.17 bits per heavy atom. The first-order valence-electron chi connectivity index (χ1n) is 10.1. The van der Waals surface area contributed by atoms with Gasteiger partial charge in [0.2, 0.25) is 0 Å². The number of nitrogens with zero attached hydrogens (tertiary/aromatic N) is 1. The molecule has 156 valence electrons. The molecular weight excluding hydrogens is 430 g/mol. The number of aryl methyl sites for hydroxylation is 1. The zero-order valence-corrected chi connectivity index (χ0v) is 19.7. The van der Waals surface area contributed by atoms with Gasteiger partial charge in [-0.05, 0) is 80.5 Å². The summed E-state index contributed by atoms with van der Waals surface area (Å²) in [5.74, 6) is 1.08. The van der Waals surface area contributed by atoms with Crippen LogP contribution in [0.4, 0.5) is 10.5 Å². The van der Waals surface area contributed by atoms with E-state index in [9.17, 15) is 4.79 Å². The average molecular weight is 460 g/mol. The maximum atomic E-state index is 13.4. The van der Waals surface area contributed by atoms with Gasteiger partial charge in [0.15, 0.2) is 0 Å². The maximum absolute atomic E-state index is 13.4. The monoisotopic (exact) mass is 459 g/mol. The minimum absolute atomic E-state index is 0.0815. The van der Waals surface area contributed by atoms with Gasteiger partial charge in [0.25, 0.3) is 0 Å². The Bertz CT molecular complexity index is 884. The first kappa shape index (κ1) is 21.7. The lowest BCUT2D eigenvalue weighted by Gasteiger charge is -2.40. The van der Waals surface area contributed by atoms with E-state index in [-0.39, 0.29) is 18.1 Å². The van der Waals surface area contributed by atoms with Crippen LogP contribution < -0.4 is 9.64 Å². The van der Waals surface area contributed by atoms with Crippen LogP contribution in [0.2, 0.25) is 0 Å². The number of rotatable bonds is 3. The average Bonchev–Trinajstić information content (AvgIpc) is 2.65. The molecule has 0 spiro atoms. The Morgan fingerprint density at radius 2 is 1.83 bits per heavy atom. The van der Waals surface area contributed by atoms with E-state index in [1.54, 1.807) is 7.11 Å². The second-order valence-electron chi connectivity index (χ2n) is 8.84. The summed E-state index contributed by atoms with van der Waals surface area (Å²) in [5, 5.41) is 0. The van der Waals surface area contributed by atoms with Crippen LogP contribution >= 0.6 is 15.9 Å². The summed E-state index contributed by atoms with van der Waals surface area (Å²) in [7, 11) is 1.66. The number of fused-ring (bicyclic) bond motifs is 1. The number of hydrogen-bond acceptors (Lipinski definition) is 3. The molecule has 1 unspecified atom stereocenters. The van der Waals surface area contributed by atoms with Crippen molar-refractivity contribution >= 4 is 27.7 Å². The van der Waals surface area contributed by atoms with Crippen molar-refractivity contribution in [3.8, 4) is 5.75 Å². The molecule has 1 aliphatic heterocycles. The molecule has 1 aliphatic rings. The first-order chi connectivity index (χ1) is 13.6. The van der Waals surface area contributed by atoms with E-state index in [4.69, 9.17) is 9.47 Å². The van der Waals surface area contributed by atoms with Gasteiger partial charge in [-0.2, -0.15) is 0 Å². The van der Waals surface area contributed by atoms with Crippen molar-refractivity contribution in [2.24, 2.45) is 0 Å². The number of halogens is 1. The zero-order chi connectivity index (χ0) is 21.3. The number of benzene rings is 2. The number of ether oxygens (including phenoxy) is 2. The molecule has 3 rings (SSSR count). The molecule has 0 radical (unpaired) electrons. The van der Waals surface area contributed by atoms with Gasteiger partial charge in [-0.3, -0.25) is 4.90 Å². The van der Waals surface area contributed by atoms with Crippen molar-refractivity contribution in [2.75, 3.05) is 12.0 Å². The molecule has 29 heavy (non-hydrogen) atoms. The standard InChI is InChI=1S/C24H30BrNO3/c1-15(2)20-14-18(25)13-17-9-12-21(16-7-10-19(28-6)11-8-16)26(22(17)20)23(27)29-24(3,4)5/h7-8,10-11,13-15,21H,9,12H2,1-6H3. The number of carbonyl (C=O) groups is 1. The highest BCUT2D eigenvalue weighted by Gasteiger charge is 2.37. The molecule has 0 saturated carbocycles. The normalized spacial score (nSPS) is 16.6. The molecule has 5 heteroatoms. The SMILES string of the molecule is COc1ccc(C2CCc3cc(Br)cc(C(C)C)c3N2C(=O)OC(C)(C)C)cc1. The van der Waals surface area contributed by atoms with Crippen molar-refractivity contribution in [3.05, 3.63) is 57.6 Å². The second-order valence-corrected chi connectivity index (χ2v) is 9.75. The van der Waals surface area contributed by atoms with Gasteiger partial charge in [0, 0.05) is 4.47 Å². The van der Waals surface area contributed by atoms with E-state index in [0.717, 1.165) is 39.9 Å². The molecule has 0 fully saturated rings. The van der Waals surface area contributed by atoms with Gasteiger partial charge in [0.05, 0.1) is 18.8 Å². The Balaban J connectivity index is 2.14. The maximum Gasteiger partial charge on any atom is 0.415 e. The number of methoxy groups -OCH3 is 1. The molecule has 4 nitrogen and oxygen atoms in total. The van der Waals surface area contributed by atoms with Gasteiger partial charge in [-0.25, -0.2) is 4.79 Å². The highest BCUT2D eigenvalue weighted by atomic mass is 79.9. The van der Waals surface area contributed by atoms with Crippen LogP contribution in [0.1, 0.15) is 69.7 Å². The van der Waals surface area contributed by atoms with Crippen LogP contribution in [0.5, 0.6) is 5.75 Å². The van der Waals surface area contributed by atoms with E-state index >= 15 is 0 Å². The van der Waals surface area contributed by atoms with E-state index in [1.165, 1.54) is 5.56 Å². The summed E-state index contributed by atoms with van der Waals surface area (Å²) >= 11 is 3.64. The number of carbonyl (C=O) groups excluding carboxylic acids is 1. The highest BCUT2D eigenvalue weighted by Crippen LogP contribution is 2.45. The highest BCUT2D eigenvalue weighted by molar-refractivity contribution is 9.10. The van der Waals surface area contributed by atoms with E-state index in [1.807, 2.05) is 49.9 Å². The third-order valence-electron chi connectivity index (χ3n) is 5.14. The lowest BCUT2D eigenvalue weighted by Crippen LogP contribution is -2.42. The van der Waals surface area contributed by atoms with Gasteiger partial charge >= 0.3 is 6.09 Å². The van der Waals surface area contributed by atoms with Gasteiger partial charge in [-0.1, -0.05) is 41.9 Å². The molecular formula is C24H30BrNO3. The molecule has 2 aromatic rings. The van der Waals surface area contributed by atoms with Crippen molar-refractivity contribution in [1.29, 1.82) is 0 Å². The molecule has 1 atom stereocenters. The summed E-state index contributed by atoms with van der Waals surface area (Å²) in [6.45, 7) is 10.0. The molecule has 0 aliphatic carbocycles. The Hall–Kier alpha value is -2.01. The number of amides is 1. The summed E-state index contributed by atoms with van der Waals surface area (Å²) < 4.78 is 12.2. The topological polar surface area (TPSA) is 38.8 Å². The summed E-state index contributed by atoms with van der Waals surface area (Å²) in [4.78, 5) is 15.3. The molecule has 2 aromatic carbocycles. The third-order valence-corrected chi connectivity index (χ3v) is 5.59. The fourth-order valence-electron chi connectivity index (χ4n) is 3.85. The van der Waals surface area contributed by atoms with Gasteiger partial charge < -0.3 is 9.47 Å². The first-order valence-corrected chi connectivity index (χ1v) is 10.9. The lowest BCUT2D eigenvalue weighted by molar-refractivity contribution is 0.0559. The van der Waals surface area contributed by atoms with E-state index < -0.39 is 5.60 Å². The molecule has 0 saturated heterocycles.